The predicted molar refractivity (Wildman–Crippen MR) is 66.4 cm³/mol. The molecule has 2 N–H and O–H groups in total. The summed E-state index contributed by atoms with van der Waals surface area (Å²) in [6.07, 6.45) is 3.06. The van der Waals surface area contributed by atoms with Crippen LogP contribution in [0, 0.1) is 5.82 Å². The largest absolute Gasteiger partial charge is 0.323 e. The Morgan fingerprint density at radius 1 is 1.24 bits per heavy atom. The predicted octanol–water partition coefficient (Wildman–Crippen LogP) is 2.83. The van der Waals surface area contributed by atoms with Gasteiger partial charge in [-0.15, -0.1) is 0 Å². The Hall–Kier alpha value is -1.94. The zero-order valence-electron chi connectivity index (χ0n) is 8.77. The first-order valence-corrected chi connectivity index (χ1v) is 5.23. The van der Waals surface area contributed by atoms with Gasteiger partial charge in [-0.25, -0.2) is 9.37 Å². The number of halogens is 2. The topological polar surface area (TPSA) is 51.3 Å². The van der Waals surface area contributed by atoms with Crippen molar-refractivity contribution >= 4 is 17.8 Å². The standard InChI is InChI=1S/C12H9ClFN3/c13-12-11(14)5-10(7-16-12)9-3-1-8(2-4-9)6-17-15/h1-7H,15H2. The second-order valence-electron chi connectivity index (χ2n) is 3.40. The second-order valence-corrected chi connectivity index (χ2v) is 3.75. The Kier molecular flexibility index (Phi) is 3.35. The highest BCUT2D eigenvalue weighted by molar-refractivity contribution is 6.29. The van der Waals surface area contributed by atoms with Crippen molar-refractivity contribution < 1.29 is 4.39 Å². The van der Waals surface area contributed by atoms with Crippen molar-refractivity contribution in [3.63, 3.8) is 0 Å². The van der Waals surface area contributed by atoms with Gasteiger partial charge in [0.25, 0.3) is 0 Å². The zero-order chi connectivity index (χ0) is 12.3. The summed E-state index contributed by atoms with van der Waals surface area (Å²) in [6, 6.07) is 8.68. The summed E-state index contributed by atoms with van der Waals surface area (Å²) in [5, 5.41) is 3.29. The van der Waals surface area contributed by atoms with Crippen molar-refractivity contribution in [3.8, 4) is 11.1 Å². The normalized spacial score (nSPS) is 10.9. The molecule has 0 aliphatic carbocycles. The van der Waals surface area contributed by atoms with Crippen LogP contribution in [0.5, 0.6) is 0 Å². The van der Waals surface area contributed by atoms with E-state index >= 15 is 0 Å². The lowest BCUT2D eigenvalue weighted by atomic mass is 10.1. The van der Waals surface area contributed by atoms with E-state index in [1.807, 2.05) is 24.3 Å². The third kappa shape index (κ3) is 2.60. The summed E-state index contributed by atoms with van der Waals surface area (Å²) in [5.41, 5.74) is 2.39. The molecule has 0 unspecified atom stereocenters. The number of hydrogen-bond donors (Lipinski definition) is 1. The Bertz CT molecular complexity index is 552. The number of rotatable bonds is 2. The van der Waals surface area contributed by atoms with Crippen LogP contribution in [0.3, 0.4) is 0 Å². The van der Waals surface area contributed by atoms with Gasteiger partial charge in [0, 0.05) is 11.8 Å². The van der Waals surface area contributed by atoms with Gasteiger partial charge in [0.05, 0.1) is 6.21 Å². The molecule has 0 spiro atoms. The molecule has 17 heavy (non-hydrogen) atoms. The maximum absolute atomic E-state index is 13.2. The molecule has 0 radical (unpaired) electrons. The summed E-state index contributed by atoms with van der Waals surface area (Å²) in [5.74, 6) is 4.51. The molecule has 86 valence electrons. The fourth-order valence-electron chi connectivity index (χ4n) is 1.43. The molecule has 0 amide bonds. The van der Waals surface area contributed by atoms with Gasteiger partial charge in [0.15, 0.2) is 11.0 Å². The van der Waals surface area contributed by atoms with Gasteiger partial charge in [-0.1, -0.05) is 35.9 Å². The third-order valence-corrected chi connectivity index (χ3v) is 2.54. The van der Waals surface area contributed by atoms with Gasteiger partial charge in [0.2, 0.25) is 0 Å². The average Bonchev–Trinajstić information content (AvgIpc) is 2.34. The first kappa shape index (κ1) is 11.5. The summed E-state index contributed by atoms with van der Waals surface area (Å²) < 4.78 is 13.2. The van der Waals surface area contributed by atoms with Gasteiger partial charge in [-0.3, -0.25) is 0 Å². The quantitative estimate of drug-likeness (QED) is 0.385. The minimum absolute atomic E-state index is 0.124. The lowest BCUT2D eigenvalue weighted by Crippen LogP contribution is -1.88. The molecule has 3 nitrogen and oxygen atoms in total. The summed E-state index contributed by atoms with van der Waals surface area (Å²) in [7, 11) is 0. The zero-order valence-corrected chi connectivity index (χ0v) is 9.53. The van der Waals surface area contributed by atoms with Crippen molar-refractivity contribution in [1.29, 1.82) is 0 Å². The van der Waals surface area contributed by atoms with Crippen LogP contribution in [0.25, 0.3) is 11.1 Å². The van der Waals surface area contributed by atoms with Crippen molar-refractivity contribution in [1.82, 2.24) is 4.98 Å². The smallest absolute Gasteiger partial charge is 0.164 e. The molecular weight excluding hydrogens is 241 g/mol. The Balaban J connectivity index is 2.36. The van der Waals surface area contributed by atoms with Crippen LogP contribution in [-0.4, -0.2) is 11.2 Å². The maximum Gasteiger partial charge on any atom is 0.164 e. The molecule has 1 aromatic heterocycles. The highest BCUT2D eigenvalue weighted by Crippen LogP contribution is 2.22. The van der Waals surface area contributed by atoms with Crippen LogP contribution in [-0.2, 0) is 0 Å². The highest BCUT2D eigenvalue weighted by atomic mass is 35.5. The van der Waals surface area contributed by atoms with Crippen LogP contribution in [0.15, 0.2) is 41.6 Å². The van der Waals surface area contributed by atoms with E-state index in [1.54, 1.807) is 0 Å². The molecular formula is C12H9ClFN3. The van der Waals surface area contributed by atoms with E-state index in [2.05, 4.69) is 10.1 Å². The second kappa shape index (κ2) is 4.93. The Morgan fingerprint density at radius 3 is 2.53 bits per heavy atom. The Labute approximate surface area is 103 Å². The van der Waals surface area contributed by atoms with Crippen LogP contribution in [0.1, 0.15) is 5.56 Å². The number of nitrogens with zero attached hydrogens (tertiary/aromatic N) is 2. The number of hydrazone groups is 1. The van der Waals surface area contributed by atoms with E-state index in [9.17, 15) is 4.39 Å². The monoisotopic (exact) mass is 249 g/mol. The van der Waals surface area contributed by atoms with Gasteiger partial charge in [0.1, 0.15) is 0 Å². The van der Waals surface area contributed by atoms with E-state index in [1.165, 1.54) is 18.5 Å². The van der Waals surface area contributed by atoms with Crippen LogP contribution in [0.2, 0.25) is 5.15 Å². The maximum atomic E-state index is 13.2. The van der Waals surface area contributed by atoms with Crippen molar-refractivity contribution in [2.24, 2.45) is 10.9 Å². The minimum Gasteiger partial charge on any atom is -0.323 e. The summed E-state index contributed by atoms with van der Waals surface area (Å²) in [4.78, 5) is 3.76. The molecule has 0 saturated heterocycles. The molecule has 0 aliphatic rings. The molecule has 0 atom stereocenters. The third-order valence-electron chi connectivity index (χ3n) is 2.26. The number of nitrogens with two attached hydrogens (primary N) is 1. The summed E-state index contributed by atoms with van der Waals surface area (Å²) in [6.45, 7) is 0. The molecule has 2 rings (SSSR count). The van der Waals surface area contributed by atoms with E-state index in [-0.39, 0.29) is 5.15 Å². The number of pyridine rings is 1. The lowest BCUT2D eigenvalue weighted by Gasteiger charge is -2.02. The van der Waals surface area contributed by atoms with Gasteiger partial charge >= 0.3 is 0 Å². The van der Waals surface area contributed by atoms with Crippen LogP contribution >= 0.6 is 11.6 Å². The van der Waals surface area contributed by atoms with Crippen LogP contribution in [0.4, 0.5) is 4.39 Å². The van der Waals surface area contributed by atoms with Gasteiger partial charge in [-0.2, -0.15) is 5.10 Å². The fourth-order valence-corrected chi connectivity index (χ4v) is 1.53. The van der Waals surface area contributed by atoms with E-state index in [4.69, 9.17) is 17.4 Å². The van der Waals surface area contributed by atoms with Gasteiger partial charge < -0.3 is 5.84 Å². The van der Waals surface area contributed by atoms with Crippen LogP contribution < -0.4 is 5.84 Å². The van der Waals surface area contributed by atoms with E-state index in [0.717, 1.165) is 11.1 Å². The molecule has 0 saturated carbocycles. The van der Waals surface area contributed by atoms with E-state index < -0.39 is 5.82 Å². The fraction of sp³-hybridized carbons (Fsp3) is 0. The molecule has 1 heterocycles. The first-order valence-electron chi connectivity index (χ1n) is 4.85. The molecule has 2 aromatic rings. The van der Waals surface area contributed by atoms with Crippen molar-refractivity contribution in [2.75, 3.05) is 0 Å². The highest BCUT2D eigenvalue weighted by Gasteiger charge is 2.04. The molecule has 1 aromatic carbocycles. The molecule has 0 fully saturated rings. The number of aromatic nitrogens is 1. The molecule has 0 aliphatic heterocycles. The lowest BCUT2D eigenvalue weighted by molar-refractivity contribution is 0.622. The summed E-state index contributed by atoms with van der Waals surface area (Å²) >= 11 is 5.52. The average molecular weight is 250 g/mol. The molecule has 0 bridgehead atoms. The first-order chi connectivity index (χ1) is 8.20. The minimum atomic E-state index is -0.531. The van der Waals surface area contributed by atoms with Crippen molar-refractivity contribution in [3.05, 3.63) is 53.1 Å². The van der Waals surface area contributed by atoms with Gasteiger partial charge in [-0.05, 0) is 17.2 Å². The number of hydrogen-bond acceptors (Lipinski definition) is 3. The van der Waals surface area contributed by atoms with Crippen molar-refractivity contribution in [2.45, 2.75) is 0 Å². The SMILES string of the molecule is NN=Cc1ccc(-c2cnc(Cl)c(F)c2)cc1. The van der Waals surface area contributed by atoms with E-state index in [0.29, 0.717) is 5.56 Å². The molecule has 5 heteroatoms. The Morgan fingerprint density at radius 2 is 1.94 bits per heavy atom. The number of benzene rings is 1.